The first kappa shape index (κ1) is 13.8. The number of rotatable bonds is 4. The smallest absolute Gasteiger partial charge is 0.248 e. The first-order chi connectivity index (χ1) is 8.99. The minimum atomic E-state index is -0.471. The largest absolute Gasteiger partial charge is 0.376 e. The van der Waals surface area contributed by atoms with Crippen LogP contribution in [-0.4, -0.2) is 10.9 Å². The van der Waals surface area contributed by atoms with Gasteiger partial charge in [-0.15, -0.1) is 11.3 Å². The topological polar surface area (TPSA) is 68.0 Å². The van der Waals surface area contributed by atoms with Crippen molar-refractivity contribution in [2.45, 2.75) is 19.9 Å². The van der Waals surface area contributed by atoms with Crippen LogP contribution >= 0.6 is 22.9 Å². The van der Waals surface area contributed by atoms with Gasteiger partial charge in [-0.3, -0.25) is 4.79 Å². The van der Waals surface area contributed by atoms with E-state index in [1.54, 1.807) is 29.5 Å². The minimum absolute atomic E-state index is 0.0631. The van der Waals surface area contributed by atoms with Crippen LogP contribution in [0.2, 0.25) is 5.02 Å². The number of amides is 1. The van der Waals surface area contributed by atoms with Crippen molar-refractivity contribution < 1.29 is 4.79 Å². The molecule has 4 nitrogen and oxygen atoms in total. The fraction of sp³-hybridized carbons (Fsp3) is 0.231. The number of carbonyl (C=O) groups excluding carboxylic acids is 1. The molecule has 0 saturated heterocycles. The number of nitrogens with zero attached hydrogens (tertiary/aromatic N) is 1. The number of primary amides is 1. The molecule has 1 atom stereocenters. The van der Waals surface area contributed by atoms with Crippen LogP contribution in [0.4, 0.5) is 5.69 Å². The van der Waals surface area contributed by atoms with Gasteiger partial charge in [0.15, 0.2) is 0 Å². The van der Waals surface area contributed by atoms with Crippen LogP contribution in [0.5, 0.6) is 0 Å². The molecule has 0 spiro atoms. The molecule has 2 rings (SSSR count). The van der Waals surface area contributed by atoms with Crippen molar-refractivity contribution in [3.8, 4) is 0 Å². The van der Waals surface area contributed by atoms with Gasteiger partial charge in [0.2, 0.25) is 5.91 Å². The van der Waals surface area contributed by atoms with Crippen LogP contribution in [0.15, 0.2) is 23.7 Å². The fourth-order valence-electron chi connectivity index (χ4n) is 1.81. The van der Waals surface area contributed by atoms with E-state index in [2.05, 4.69) is 10.3 Å². The third-order valence-corrected chi connectivity index (χ3v) is 4.24. The number of anilines is 1. The average molecular weight is 296 g/mol. The van der Waals surface area contributed by atoms with Crippen molar-refractivity contribution in [3.63, 3.8) is 0 Å². The Morgan fingerprint density at radius 3 is 2.84 bits per heavy atom. The third kappa shape index (κ3) is 3.05. The highest BCUT2D eigenvalue weighted by atomic mass is 35.5. The molecular weight excluding hydrogens is 282 g/mol. The predicted octanol–water partition coefficient (Wildman–Crippen LogP) is 3.38. The van der Waals surface area contributed by atoms with Crippen LogP contribution in [0.25, 0.3) is 0 Å². The number of aromatic nitrogens is 1. The molecule has 0 saturated carbocycles. The van der Waals surface area contributed by atoms with Crippen LogP contribution in [0, 0.1) is 6.92 Å². The van der Waals surface area contributed by atoms with Crippen molar-refractivity contribution >= 4 is 34.5 Å². The van der Waals surface area contributed by atoms with E-state index >= 15 is 0 Å². The van der Waals surface area contributed by atoms with Crippen molar-refractivity contribution in [1.82, 2.24) is 4.98 Å². The van der Waals surface area contributed by atoms with Gasteiger partial charge >= 0.3 is 0 Å². The summed E-state index contributed by atoms with van der Waals surface area (Å²) in [4.78, 5) is 16.5. The van der Waals surface area contributed by atoms with Gasteiger partial charge < -0.3 is 11.1 Å². The van der Waals surface area contributed by atoms with Gasteiger partial charge in [-0.1, -0.05) is 11.6 Å². The predicted molar refractivity (Wildman–Crippen MR) is 78.9 cm³/mol. The normalized spacial score (nSPS) is 12.2. The Morgan fingerprint density at radius 2 is 2.26 bits per heavy atom. The lowest BCUT2D eigenvalue weighted by atomic mass is 10.1. The van der Waals surface area contributed by atoms with Crippen LogP contribution in [0.1, 0.15) is 33.9 Å². The Morgan fingerprint density at radius 1 is 1.53 bits per heavy atom. The molecule has 19 heavy (non-hydrogen) atoms. The standard InChI is InChI=1S/C13H14ClN3OS/c1-7-12(19-6-16-7)8(2)17-11-5-9(13(15)18)3-4-10(11)14/h3-6,8,17H,1-2H3,(H2,15,18). The highest BCUT2D eigenvalue weighted by Crippen LogP contribution is 2.29. The number of hydrogen-bond donors (Lipinski definition) is 2. The zero-order chi connectivity index (χ0) is 14.0. The second kappa shape index (κ2) is 5.59. The lowest BCUT2D eigenvalue weighted by Gasteiger charge is -2.16. The first-order valence-corrected chi connectivity index (χ1v) is 7.00. The molecule has 0 aliphatic heterocycles. The maximum absolute atomic E-state index is 11.2. The maximum atomic E-state index is 11.2. The van der Waals surface area contributed by atoms with Gasteiger partial charge in [0.25, 0.3) is 0 Å². The molecule has 1 unspecified atom stereocenters. The molecule has 0 fully saturated rings. The summed E-state index contributed by atoms with van der Waals surface area (Å²) in [5.74, 6) is -0.471. The molecule has 0 radical (unpaired) electrons. The van der Waals surface area contributed by atoms with Crippen molar-refractivity contribution in [3.05, 3.63) is 44.9 Å². The zero-order valence-electron chi connectivity index (χ0n) is 10.6. The van der Waals surface area contributed by atoms with E-state index in [0.717, 1.165) is 10.6 Å². The van der Waals surface area contributed by atoms with E-state index < -0.39 is 5.91 Å². The summed E-state index contributed by atoms with van der Waals surface area (Å²) in [7, 11) is 0. The van der Waals surface area contributed by atoms with E-state index in [4.69, 9.17) is 17.3 Å². The molecule has 0 bridgehead atoms. The molecule has 1 heterocycles. The number of nitrogens with one attached hydrogen (secondary N) is 1. The number of halogens is 1. The van der Waals surface area contributed by atoms with Crippen LogP contribution in [-0.2, 0) is 0 Å². The van der Waals surface area contributed by atoms with Crippen molar-refractivity contribution in [2.24, 2.45) is 5.73 Å². The van der Waals surface area contributed by atoms with E-state index in [1.807, 2.05) is 19.4 Å². The molecule has 3 N–H and O–H groups in total. The number of thiazole rings is 1. The quantitative estimate of drug-likeness (QED) is 0.908. The Hall–Kier alpha value is -1.59. The summed E-state index contributed by atoms with van der Waals surface area (Å²) in [6.07, 6.45) is 0. The lowest BCUT2D eigenvalue weighted by Crippen LogP contribution is -2.12. The number of carbonyl (C=O) groups is 1. The molecule has 0 aliphatic carbocycles. The summed E-state index contributed by atoms with van der Waals surface area (Å²) in [5, 5.41) is 3.83. The maximum Gasteiger partial charge on any atom is 0.248 e. The fourth-order valence-corrected chi connectivity index (χ4v) is 2.80. The lowest BCUT2D eigenvalue weighted by molar-refractivity contribution is 0.100. The molecule has 1 aromatic heterocycles. The van der Waals surface area contributed by atoms with Crippen molar-refractivity contribution in [1.29, 1.82) is 0 Å². The van der Waals surface area contributed by atoms with E-state index in [1.165, 1.54) is 0 Å². The number of benzene rings is 1. The molecule has 0 aliphatic rings. The molecule has 1 aromatic carbocycles. The average Bonchev–Trinajstić information content (AvgIpc) is 2.78. The van der Waals surface area contributed by atoms with Crippen LogP contribution in [0.3, 0.4) is 0 Å². The summed E-state index contributed by atoms with van der Waals surface area (Å²) in [6, 6.07) is 5.00. The minimum Gasteiger partial charge on any atom is -0.376 e. The van der Waals surface area contributed by atoms with Gasteiger partial charge in [-0.2, -0.15) is 0 Å². The zero-order valence-corrected chi connectivity index (χ0v) is 12.2. The van der Waals surface area contributed by atoms with Crippen LogP contribution < -0.4 is 11.1 Å². The van der Waals surface area contributed by atoms with Gasteiger partial charge in [-0.05, 0) is 32.0 Å². The van der Waals surface area contributed by atoms with Gasteiger partial charge in [0, 0.05) is 10.4 Å². The Labute approximate surface area is 120 Å². The number of hydrogen-bond acceptors (Lipinski definition) is 4. The first-order valence-electron chi connectivity index (χ1n) is 5.75. The SMILES string of the molecule is Cc1ncsc1C(C)Nc1cc(C(N)=O)ccc1Cl. The second-order valence-corrected chi connectivity index (χ2v) is 5.52. The number of aryl methyl sites for hydroxylation is 1. The number of nitrogens with two attached hydrogens (primary N) is 1. The van der Waals surface area contributed by atoms with E-state index in [-0.39, 0.29) is 6.04 Å². The summed E-state index contributed by atoms with van der Waals surface area (Å²) in [5.41, 5.74) is 9.19. The van der Waals surface area contributed by atoms with E-state index in [0.29, 0.717) is 16.3 Å². The summed E-state index contributed by atoms with van der Waals surface area (Å²) >= 11 is 7.70. The molecule has 2 aromatic rings. The molecule has 6 heteroatoms. The molecule has 1 amide bonds. The Kier molecular flexibility index (Phi) is 4.07. The van der Waals surface area contributed by atoms with E-state index in [9.17, 15) is 4.79 Å². The highest BCUT2D eigenvalue weighted by Gasteiger charge is 2.13. The summed E-state index contributed by atoms with van der Waals surface area (Å²) < 4.78 is 0. The molecular formula is C13H14ClN3OS. The van der Waals surface area contributed by atoms with Gasteiger partial charge in [0.05, 0.1) is 28.0 Å². The monoisotopic (exact) mass is 295 g/mol. The van der Waals surface area contributed by atoms with Crippen molar-refractivity contribution in [2.75, 3.05) is 5.32 Å². The van der Waals surface area contributed by atoms with Gasteiger partial charge in [0.1, 0.15) is 0 Å². The Balaban J connectivity index is 2.26. The second-order valence-electron chi connectivity index (χ2n) is 4.23. The Bertz CT molecular complexity index is 612. The third-order valence-electron chi connectivity index (χ3n) is 2.80. The molecule has 100 valence electrons. The summed E-state index contributed by atoms with van der Waals surface area (Å²) in [6.45, 7) is 3.99. The van der Waals surface area contributed by atoms with Gasteiger partial charge in [-0.25, -0.2) is 4.98 Å². The highest BCUT2D eigenvalue weighted by molar-refractivity contribution is 7.09.